The number of carbonyl (C=O) groups excluding carboxylic acids is 2. The molecule has 1 aromatic heterocycles. The molecule has 2 N–H and O–H groups in total. The third-order valence-electron chi connectivity index (χ3n) is 3.93. The van der Waals surface area contributed by atoms with Gasteiger partial charge < -0.3 is 5.32 Å². The van der Waals surface area contributed by atoms with E-state index in [1.54, 1.807) is 31.5 Å². The third-order valence-corrected chi connectivity index (χ3v) is 3.93. The minimum absolute atomic E-state index is 0.0312. The molecule has 0 bridgehead atoms. The maximum absolute atomic E-state index is 12.0. The number of rotatable bonds is 5. The summed E-state index contributed by atoms with van der Waals surface area (Å²) < 4.78 is 0. The van der Waals surface area contributed by atoms with Crippen LogP contribution in [0.25, 0.3) is 0 Å². The summed E-state index contributed by atoms with van der Waals surface area (Å²) in [6.07, 6.45) is 10.3. The fourth-order valence-electron chi connectivity index (χ4n) is 2.69. The highest BCUT2D eigenvalue weighted by molar-refractivity contribution is 6.01. The zero-order valence-corrected chi connectivity index (χ0v) is 13.5. The number of nitrogens with zero attached hydrogens (tertiary/aromatic N) is 2. The van der Waals surface area contributed by atoms with Gasteiger partial charge in [0.1, 0.15) is 0 Å². The van der Waals surface area contributed by atoms with Crippen molar-refractivity contribution in [2.24, 2.45) is 5.10 Å². The molecule has 0 unspecified atom stereocenters. The van der Waals surface area contributed by atoms with Gasteiger partial charge >= 0.3 is 0 Å². The number of pyridine rings is 1. The van der Waals surface area contributed by atoms with Crippen molar-refractivity contribution in [2.75, 3.05) is 0 Å². The van der Waals surface area contributed by atoms with E-state index < -0.39 is 0 Å². The van der Waals surface area contributed by atoms with Gasteiger partial charge in [-0.3, -0.25) is 14.6 Å². The molecular weight excluding hydrogens is 292 g/mol. The minimum Gasteiger partial charge on any atom is -0.353 e. The average Bonchev–Trinajstić information content (AvgIpc) is 2.82. The van der Waals surface area contributed by atoms with Crippen molar-refractivity contribution in [3.8, 4) is 0 Å². The Morgan fingerprint density at radius 2 is 1.83 bits per heavy atom. The van der Waals surface area contributed by atoms with Crippen molar-refractivity contribution < 1.29 is 9.59 Å². The highest BCUT2D eigenvalue weighted by atomic mass is 16.2. The topological polar surface area (TPSA) is 83.5 Å². The number of carbonyl (C=O) groups is 2. The van der Waals surface area contributed by atoms with Crippen LogP contribution in [0.2, 0.25) is 0 Å². The summed E-state index contributed by atoms with van der Waals surface area (Å²) in [5.74, 6) is -0.341. The normalized spacial score (nSPS) is 16.5. The molecule has 0 spiro atoms. The molecule has 23 heavy (non-hydrogen) atoms. The van der Waals surface area contributed by atoms with Crippen molar-refractivity contribution in [3.63, 3.8) is 0 Å². The smallest absolute Gasteiger partial charge is 0.271 e. The molecule has 1 saturated carbocycles. The van der Waals surface area contributed by atoms with E-state index in [0.717, 1.165) is 12.8 Å². The van der Waals surface area contributed by atoms with Gasteiger partial charge in [-0.25, -0.2) is 5.43 Å². The quantitative estimate of drug-likeness (QED) is 0.497. The van der Waals surface area contributed by atoms with Crippen molar-refractivity contribution in [1.29, 1.82) is 0 Å². The van der Waals surface area contributed by atoms with Crippen LogP contribution in [0, 0.1) is 0 Å². The van der Waals surface area contributed by atoms with Crippen molar-refractivity contribution >= 4 is 17.5 Å². The van der Waals surface area contributed by atoms with Gasteiger partial charge in [0.25, 0.3) is 5.91 Å². The van der Waals surface area contributed by atoms with E-state index in [2.05, 4.69) is 20.8 Å². The first-order valence-electron chi connectivity index (χ1n) is 8.18. The Labute approximate surface area is 136 Å². The van der Waals surface area contributed by atoms with Crippen LogP contribution in [0.15, 0.2) is 29.6 Å². The molecular formula is C17H24N4O2. The van der Waals surface area contributed by atoms with Gasteiger partial charge in [0.15, 0.2) is 0 Å². The lowest BCUT2D eigenvalue weighted by molar-refractivity contribution is -0.120. The SMILES string of the molecule is C/C(CC(=O)NC1CCCCCC1)=N\NC(=O)c1ccncc1. The first-order valence-corrected chi connectivity index (χ1v) is 8.18. The molecule has 1 aromatic rings. The van der Waals surface area contributed by atoms with Gasteiger partial charge in [0, 0.05) is 29.7 Å². The Bertz CT molecular complexity index is 549. The zero-order chi connectivity index (χ0) is 16.5. The largest absolute Gasteiger partial charge is 0.353 e. The Morgan fingerprint density at radius 3 is 2.48 bits per heavy atom. The van der Waals surface area contributed by atoms with E-state index in [1.165, 1.54) is 25.7 Å². The second-order valence-electron chi connectivity index (χ2n) is 5.96. The average molecular weight is 316 g/mol. The molecule has 1 aliphatic rings. The van der Waals surface area contributed by atoms with Crippen LogP contribution in [0.3, 0.4) is 0 Å². The second kappa shape index (κ2) is 9.02. The van der Waals surface area contributed by atoms with Crippen LogP contribution < -0.4 is 10.7 Å². The van der Waals surface area contributed by atoms with Gasteiger partial charge in [-0.2, -0.15) is 5.10 Å². The molecule has 124 valence electrons. The lowest BCUT2D eigenvalue weighted by atomic mass is 10.1. The Balaban J connectivity index is 1.77. The summed E-state index contributed by atoms with van der Waals surface area (Å²) in [6.45, 7) is 1.74. The van der Waals surface area contributed by atoms with Gasteiger partial charge in [0.2, 0.25) is 5.91 Å². The van der Waals surface area contributed by atoms with E-state index in [1.807, 2.05) is 0 Å². The summed E-state index contributed by atoms with van der Waals surface area (Å²) in [4.78, 5) is 27.7. The molecule has 0 aliphatic heterocycles. The molecule has 2 rings (SSSR count). The maximum Gasteiger partial charge on any atom is 0.271 e. The van der Waals surface area contributed by atoms with Gasteiger partial charge in [-0.05, 0) is 31.9 Å². The molecule has 2 amide bonds. The standard InChI is InChI=1S/C17H24N4O2/c1-13(20-21-17(23)14-8-10-18-11-9-14)12-16(22)19-15-6-4-2-3-5-7-15/h8-11,15H,2-7,12H2,1H3,(H,19,22)(H,21,23)/b20-13+. The summed E-state index contributed by atoms with van der Waals surface area (Å²) in [5.41, 5.74) is 3.53. The molecule has 6 nitrogen and oxygen atoms in total. The molecule has 1 fully saturated rings. The number of nitrogens with one attached hydrogen (secondary N) is 2. The van der Waals surface area contributed by atoms with Crippen LogP contribution in [-0.4, -0.2) is 28.6 Å². The van der Waals surface area contributed by atoms with Crippen LogP contribution >= 0.6 is 0 Å². The molecule has 0 saturated heterocycles. The molecule has 1 heterocycles. The summed E-state index contributed by atoms with van der Waals surface area (Å²) >= 11 is 0. The van der Waals surface area contributed by atoms with Crippen molar-refractivity contribution in [2.45, 2.75) is 57.9 Å². The van der Waals surface area contributed by atoms with E-state index >= 15 is 0 Å². The summed E-state index contributed by atoms with van der Waals surface area (Å²) in [5, 5.41) is 7.06. The molecule has 0 atom stereocenters. The predicted molar refractivity (Wildman–Crippen MR) is 89.1 cm³/mol. The molecule has 1 aliphatic carbocycles. The first-order chi connectivity index (χ1) is 11.1. The number of aromatic nitrogens is 1. The number of hydrogen-bond acceptors (Lipinski definition) is 4. The van der Waals surface area contributed by atoms with Crippen LogP contribution in [-0.2, 0) is 4.79 Å². The summed E-state index contributed by atoms with van der Waals surface area (Å²) in [7, 11) is 0. The number of hydrogen-bond donors (Lipinski definition) is 2. The molecule has 0 aromatic carbocycles. The third kappa shape index (κ3) is 6.18. The summed E-state index contributed by atoms with van der Waals surface area (Å²) in [6, 6.07) is 3.50. The van der Waals surface area contributed by atoms with Gasteiger partial charge in [0.05, 0.1) is 6.42 Å². The fraction of sp³-hybridized carbons (Fsp3) is 0.529. The number of hydrazone groups is 1. The monoisotopic (exact) mass is 316 g/mol. The second-order valence-corrected chi connectivity index (χ2v) is 5.96. The van der Waals surface area contributed by atoms with Crippen LogP contribution in [0.4, 0.5) is 0 Å². The fourth-order valence-corrected chi connectivity index (χ4v) is 2.69. The van der Waals surface area contributed by atoms with E-state index in [0.29, 0.717) is 11.3 Å². The Kier molecular flexibility index (Phi) is 6.72. The van der Waals surface area contributed by atoms with E-state index in [4.69, 9.17) is 0 Å². The van der Waals surface area contributed by atoms with Gasteiger partial charge in [-0.15, -0.1) is 0 Å². The molecule has 6 heteroatoms. The zero-order valence-electron chi connectivity index (χ0n) is 13.5. The maximum atomic E-state index is 12.0. The number of amides is 2. The Morgan fingerprint density at radius 1 is 1.17 bits per heavy atom. The lowest BCUT2D eigenvalue weighted by Crippen LogP contribution is -2.35. The van der Waals surface area contributed by atoms with Gasteiger partial charge in [-0.1, -0.05) is 25.7 Å². The van der Waals surface area contributed by atoms with E-state index in [-0.39, 0.29) is 24.3 Å². The predicted octanol–water partition coefficient (Wildman–Crippen LogP) is 2.42. The highest BCUT2D eigenvalue weighted by Gasteiger charge is 2.15. The van der Waals surface area contributed by atoms with Crippen LogP contribution in [0.1, 0.15) is 62.2 Å². The Hall–Kier alpha value is -2.24. The first kappa shape index (κ1) is 17.1. The minimum atomic E-state index is -0.309. The molecule has 0 radical (unpaired) electrons. The lowest BCUT2D eigenvalue weighted by Gasteiger charge is -2.16. The van der Waals surface area contributed by atoms with E-state index in [9.17, 15) is 9.59 Å². The van der Waals surface area contributed by atoms with Crippen LogP contribution in [0.5, 0.6) is 0 Å². The van der Waals surface area contributed by atoms with Crippen molar-refractivity contribution in [3.05, 3.63) is 30.1 Å². The van der Waals surface area contributed by atoms with Crippen molar-refractivity contribution in [1.82, 2.24) is 15.7 Å². The highest BCUT2D eigenvalue weighted by Crippen LogP contribution is 2.17.